The van der Waals surface area contributed by atoms with E-state index in [0.29, 0.717) is 12.1 Å². The SMILES string of the molecule is CC1CCCN(C(N)=NCCCOC2CCOCC2)C1. The van der Waals surface area contributed by atoms with Crippen molar-refractivity contribution in [3.8, 4) is 0 Å². The quantitative estimate of drug-likeness (QED) is 0.473. The monoisotopic (exact) mass is 283 g/mol. The Balaban J connectivity index is 1.57. The van der Waals surface area contributed by atoms with Gasteiger partial charge in [0, 0.05) is 39.5 Å². The van der Waals surface area contributed by atoms with Gasteiger partial charge in [0.05, 0.1) is 6.10 Å². The van der Waals surface area contributed by atoms with Crippen LogP contribution in [0.1, 0.15) is 39.0 Å². The van der Waals surface area contributed by atoms with Crippen molar-refractivity contribution in [3.05, 3.63) is 0 Å². The van der Waals surface area contributed by atoms with Gasteiger partial charge >= 0.3 is 0 Å². The van der Waals surface area contributed by atoms with Crippen LogP contribution in [0.4, 0.5) is 0 Å². The minimum absolute atomic E-state index is 0.382. The van der Waals surface area contributed by atoms with Gasteiger partial charge in [0.25, 0.3) is 0 Å². The van der Waals surface area contributed by atoms with Gasteiger partial charge in [-0.25, -0.2) is 0 Å². The van der Waals surface area contributed by atoms with E-state index in [4.69, 9.17) is 15.2 Å². The van der Waals surface area contributed by atoms with E-state index in [2.05, 4.69) is 16.8 Å². The molecule has 0 aromatic heterocycles. The normalized spacial score (nSPS) is 25.9. The van der Waals surface area contributed by atoms with Crippen molar-refractivity contribution in [1.82, 2.24) is 4.90 Å². The van der Waals surface area contributed by atoms with Crippen LogP contribution in [-0.2, 0) is 9.47 Å². The molecule has 20 heavy (non-hydrogen) atoms. The predicted molar refractivity (Wildman–Crippen MR) is 80.9 cm³/mol. The second-order valence-electron chi connectivity index (χ2n) is 5.97. The average Bonchev–Trinajstić information content (AvgIpc) is 2.48. The van der Waals surface area contributed by atoms with Gasteiger partial charge in [0.15, 0.2) is 5.96 Å². The van der Waals surface area contributed by atoms with Gasteiger partial charge in [-0.3, -0.25) is 4.99 Å². The molecule has 2 aliphatic rings. The van der Waals surface area contributed by atoms with Gasteiger partial charge in [-0.1, -0.05) is 6.92 Å². The smallest absolute Gasteiger partial charge is 0.191 e. The molecule has 0 amide bonds. The van der Waals surface area contributed by atoms with Crippen molar-refractivity contribution >= 4 is 5.96 Å². The molecular formula is C15H29N3O2. The molecule has 0 radical (unpaired) electrons. The number of ether oxygens (including phenoxy) is 2. The average molecular weight is 283 g/mol. The van der Waals surface area contributed by atoms with E-state index in [1.54, 1.807) is 0 Å². The van der Waals surface area contributed by atoms with Gasteiger partial charge in [0.1, 0.15) is 0 Å². The zero-order chi connectivity index (χ0) is 14.2. The number of aliphatic imine (C=N–C) groups is 1. The maximum absolute atomic E-state index is 6.05. The Labute approximate surface area is 122 Å². The molecule has 0 bridgehead atoms. The first-order chi connectivity index (χ1) is 9.75. The summed E-state index contributed by atoms with van der Waals surface area (Å²) in [5.41, 5.74) is 6.05. The molecule has 0 aliphatic carbocycles. The summed E-state index contributed by atoms with van der Waals surface area (Å²) in [4.78, 5) is 6.70. The Morgan fingerprint density at radius 2 is 2.15 bits per heavy atom. The number of hydrogen-bond donors (Lipinski definition) is 1. The Morgan fingerprint density at radius 3 is 2.90 bits per heavy atom. The molecule has 2 fully saturated rings. The third-order valence-corrected chi connectivity index (χ3v) is 4.08. The van der Waals surface area contributed by atoms with Crippen molar-refractivity contribution in [3.63, 3.8) is 0 Å². The van der Waals surface area contributed by atoms with Gasteiger partial charge in [-0.15, -0.1) is 0 Å². The molecule has 2 N–H and O–H groups in total. The van der Waals surface area contributed by atoms with Crippen molar-refractivity contribution < 1.29 is 9.47 Å². The predicted octanol–water partition coefficient (Wildman–Crippen LogP) is 1.62. The van der Waals surface area contributed by atoms with E-state index in [1.165, 1.54) is 12.8 Å². The summed E-state index contributed by atoms with van der Waals surface area (Å²) in [5, 5.41) is 0. The Kier molecular flexibility index (Phi) is 6.60. The maximum atomic E-state index is 6.05. The molecule has 5 heteroatoms. The van der Waals surface area contributed by atoms with Crippen LogP contribution >= 0.6 is 0 Å². The topological polar surface area (TPSA) is 60.1 Å². The van der Waals surface area contributed by atoms with Gasteiger partial charge in [-0.2, -0.15) is 0 Å². The number of nitrogens with two attached hydrogens (primary N) is 1. The summed E-state index contributed by atoms with van der Waals surface area (Å²) >= 11 is 0. The molecular weight excluding hydrogens is 254 g/mol. The summed E-state index contributed by atoms with van der Waals surface area (Å²) in [6.45, 7) is 7.59. The van der Waals surface area contributed by atoms with Crippen molar-refractivity contribution in [2.24, 2.45) is 16.6 Å². The van der Waals surface area contributed by atoms with Gasteiger partial charge in [0.2, 0.25) is 0 Å². The van der Waals surface area contributed by atoms with E-state index in [0.717, 1.165) is 64.6 Å². The van der Waals surface area contributed by atoms with Crippen LogP contribution in [0.5, 0.6) is 0 Å². The van der Waals surface area contributed by atoms with Crippen LogP contribution in [0.15, 0.2) is 4.99 Å². The van der Waals surface area contributed by atoms with E-state index in [9.17, 15) is 0 Å². The second-order valence-corrected chi connectivity index (χ2v) is 5.97. The summed E-state index contributed by atoms with van der Waals surface area (Å²) < 4.78 is 11.1. The third-order valence-electron chi connectivity index (χ3n) is 4.08. The molecule has 2 rings (SSSR count). The van der Waals surface area contributed by atoms with E-state index in [-0.39, 0.29) is 0 Å². The Hall–Kier alpha value is -0.810. The maximum Gasteiger partial charge on any atom is 0.191 e. The first-order valence-electron chi connectivity index (χ1n) is 8.00. The fraction of sp³-hybridized carbons (Fsp3) is 0.933. The summed E-state index contributed by atoms with van der Waals surface area (Å²) in [6, 6.07) is 0. The van der Waals surface area contributed by atoms with E-state index >= 15 is 0 Å². The fourth-order valence-electron chi connectivity index (χ4n) is 2.85. The molecule has 0 aromatic carbocycles. The Bertz CT molecular complexity index is 303. The summed E-state index contributed by atoms with van der Waals surface area (Å²) in [5.74, 6) is 1.44. The van der Waals surface area contributed by atoms with Crippen LogP contribution in [0.3, 0.4) is 0 Å². The highest BCUT2D eigenvalue weighted by atomic mass is 16.5. The van der Waals surface area contributed by atoms with Crippen LogP contribution in [0.25, 0.3) is 0 Å². The number of hydrogen-bond acceptors (Lipinski definition) is 3. The Morgan fingerprint density at radius 1 is 1.35 bits per heavy atom. The molecule has 0 saturated carbocycles. The molecule has 2 aliphatic heterocycles. The lowest BCUT2D eigenvalue weighted by Gasteiger charge is -2.31. The van der Waals surface area contributed by atoms with Crippen LogP contribution in [0.2, 0.25) is 0 Å². The third kappa shape index (κ3) is 5.29. The van der Waals surface area contributed by atoms with Crippen molar-refractivity contribution in [1.29, 1.82) is 0 Å². The zero-order valence-electron chi connectivity index (χ0n) is 12.7. The molecule has 116 valence electrons. The molecule has 1 atom stereocenters. The van der Waals surface area contributed by atoms with E-state index < -0.39 is 0 Å². The van der Waals surface area contributed by atoms with Crippen LogP contribution in [0, 0.1) is 5.92 Å². The molecule has 2 heterocycles. The molecule has 5 nitrogen and oxygen atoms in total. The number of rotatable bonds is 5. The lowest BCUT2D eigenvalue weighted by Crippen LogP contribution is -2.43. The van der Waals surface area contributed by atoms with Crippen LogP contribution < -0.4 is 5.73 Å². The number of nitrogens with zero attached hydrogens (tertiary/aromatic N) is 2. The first kappa shape index (κ1) is 15.6. The molecule has 1 unspecified atom stereocenters. The fourth-order valence-corrected chi connectivity index (χ4v) is 2.85. The molecule has 0 spiro atoms. The van der Waals surface area contributed by atoms with Gasteiger partial charge < -0.3 is 20.1 Å². The van der Waals surface area contributed by atoms with E-state index in [1.807, 2.05) is 0 Å². The van der Waals surface area contributed by atoms with Crippen molar-refractivity contribution in [2.45, 2.75) is 45.1 Å². The lowest BCUT2D eigenvalue weighted by molar-refractivity contribution is -0.0318. The minimum Gasteiger partial charge on any atom is -0.381 e. The zero-order valence-corrected chi connectivity index (χ0v) is 12.7. The number of piperidine rings is 1. The standard InChI is InChI=1S/C15H29N3O2/c1-13-4-2-8-18(12-13)15(16)17-7-3-9-20-14-5-10-19-11-6-14/h13-14H,2-12H2,1H3,(H2,16,17). The summed E-state index contributed by atoms with van der Waals surface area (Å²) in [7, 11) is 0. The molecule has 2 saturated heterocycles. The second kappa shape index (κ2) is 8.47. The minimum atomic E-state index is 0.382. The van der Waals surface area contributed by atoms with Gasteiger partial charge in [-0.05, 0) is 38.0 Å². The first-order valence-corrected chi connectivity index (χ1v) is 8.00. The molecule has 0 aromatic rings. The highest BCUT2D eigenvalue weighted by Gasteiger charge is 2.17. The number of likely N-dealkylation sites (tertiary alicyclic amines) is 1. The summed E-state index contributed by atoms with van der Waals surface area (Å²) in [6.07, 6.45) is 5.91. The highest BCUT2D eigenvalue weighted by molar-refractivity contribution is 5.78. The van der Waals surface area contributed by atoms with Crippen molar-refractivity contribution in [2.75, 3.05) is 39.5 Å². The van der Waals surface area contributed by atoms with Crippen LogP contribution in [-0.4, -0.2) is 56.4 Å². The highest BCUT2D eigenvalue weighted by Crippen LogP contribution is 2.15. The lowest BCUT2D eigenvalue weighted by atomic mass is 10.0. The largest absolute Gasteiger partial charge is 0.381 e. The number of guanidine groups is 1.